The van der Waals surface area contributed by atoms with E-state index in [4.69, 9.17) is 16.3 Å². The maximum Gasteiger partial charge on any atom is 0.331 e. The first-order valence-electron chi connectivity index (χ1n) is 8.17. The minimum atomic E-state index is -1.07. The molecule has 0 saturated carbocycles. The Kier molecular flexibility index (Phi) is 7.33. The van der Waals surface area contributed by atoms with Crippen LogP contribution >= 0.6 is 23.4 Å². The number of allylic oxidation sites excluding steroid dienone is 4. The number of thioether (sulfide) groups is 1. The molecule has 0 bridgehead atoms. The Bertz CT molecular complexity index is 614. The highest BCUT2D eigenvalue weighted by Crippen LogP contribution is 2.52. The predicted molar refractivity (Wildman–Crippen MR) is 107 cm³/mol. The molecule has 0 atom stereocenters. The zero-order valence-corrected chi connectivity index (χ0v) is 17.3. The summed E-state index contributed by atoms with van der Waals surface area (Å²) in [4.78, 5) is 26.0. The first kappa shape index (κ1) is 21.8. The van der Waals surface area contributed by atoms with Crippen molar-refractivity contribution in [2.45, 2.75) is 57.0 Å². The van der Waals surface area contributed by atoms with Crippen molar-refractivity contribution in [3.05, 3.63) is 47.6 Å². The second-order valence-electron chi connectivity index (χ2n) is 6.96. The SMILES string of the molecule is C=CCC1=C(C)C(SC(C)(C)C)(C(=O)OCCl)C(C)=C(CC=C)C1=O. The molecule has 0 saturated heterocycles. The van der Waals surface area contributed by atoms with Crippen LogP contribution in [0.1, 0.15) is 47.5 Å². The maximum atomic E-state index is 13.1. The van der Waals surface area contributed by atoms with Gasteiger partial charge in [0.1, 0.15) is 0 Å². The Morgan fingerprint density at radius 2 is 1.60 bits per heavy atom. The summed E-state index contributed by atoms with van der Waals surface area (Å²) in [5.74, 6) is -0.480. The number of alkyl halides is 1. The first-order chi connectivity index (χ1) is 11.6. The number of hydrogen-bond acceptors (Lipinski definition) is 4. The van der Waals surface area contributed by atoms with Crippen LogP contribution in [0.15, 0.2) is 47.6 Å². The Hall–Kier alpha value is -1.26. The Morgan fingerprint density at radius 1 is 1.16 bits per heavy atom. The van der Waals surface area contributed by atoms with Crippen LogP contribution in [-0.4, -0.2) is 27.3 Å². The lowest BCUT2D eigenvalue weighted by atomic mass is 9.75. The van der Waals surface area contributed by atoms with Gasteiger partial charge in [-0.1, -0.05) is 44.5 Å². The Morgan fingerprint density at radius 3 is 1.92 bits per heavy atom. The molecule has 1 aliphatic carbocycles. The third-order valence-electron chi connectivity index (χ3n) is 4.14. The van der Waals surface area contributed by atoms with Crippen LogP contribution in [0.25, 0.3) is 0 Å². The van der Waals surface area contributed by atoms with Crippen LogP contribution in [0.3, 0.4) is 0 Å². The van der Waals surface area contributed by atoms with Crippen molar-refractivity contribution in [1.82, 2.24) is 0 Å². The molecule has 0 radical (unpaired) electrons. The lowest BCUT2D eigenvalue weighted by Gasteiger charge is -2.42. The molecule has 0 fully saturated rings. The van der Waals surface area contributed by atoms with Gasteiger partial charge in [0.05, 0.1) is 0 Å². The molecule has 0 aromatic rings. The van der Waals surface area contributed by atoms with E-state index in [0.29, 0.717) is 35.1 Å². The normalized spacial score (nSPS) is 17.6. The number of esters is 1. The van der Waals surface area contributed by atoms with Gasteiger partial charge in [-0.15, -0.1) is 24.9 Å². The largest absolute Gasteiger partial charge is 0.448 e. The molecule has 1 aliphatic rings. The van der Waals surface area contributed by atoms with E-state index in [2.05, 4.69) is 13.2 Å². The number of ether oxygens (including phenoxy) is 1. The average molecular weight is 383 g/mol. The third kappa shape index (κ3) is 4.29. The molecule has 1 rings (SSSR count). The van der Waals surface area contributed by atoms with Gasteiger partial charge in [-0.05, 0) is 37.8 Å². The highest BCUT2D eigenvalue weighted by molar-refractivity contribution is 8.03. The quantitative estimate of drug-likeness (QED) is 0.337. The molecule has 0 aromatic carbocycles. The van der Waals surface area contributed by atoms with Gasteiger partial charge in [0, 0.05) is 15.9 Å². The van der Waals surface area contributed by atoms with Gasteiger partial charge in [-0.3, -0.25) is 4.79 Å². The fraction of sp³-hybridized carbons (Fsp3) is 0.500. The van der Waals surface area contributed by atoms with Crippen molar-refractivity contribution >= 4 is 35.1 Å². The van der Waals surface area contributed by atoms with Crippen LogP contribution in [0, 0.1) is 0 Å². The van der Waals surface area contributed by atoms with Crippen LogP contribution in [0.4, 0.5) is 0 Å². The number of carbonyl (C=O) groups excluding carboxylic acids is 2. The fourth-order valence-corrected chi connectivity index (χ4v) is 4.83. The lowest BCUT2D eigenvalue weighted by molar-refractivity contribution is -0.142. The summed E-state index contributed by atoms with van der Waals surface area (Å²) in [5.41, 5.74) is 2.61. The van der Waals surface area contributed by atoms with Crippen LogP contribution in [0.5, 0.6) is 0 Å². The molecule has 0 heterocycles. The molecule has 25 heavy (non-hydrogen) atoms. The Balaban J connectivity index is 3.81. The van der Waals surface area contributed by atoms with Crippen molar-refractivity contribution < 1.29 is 14.3 Å². The van der Waals surface area contributed by atoms with Gasteiger partial charge in [-0.25, -0.2) is 4.79 Å². The van der Waals surface area contributed by atoms with Gasteiger partial charge < -0.3 is 4.74 Å². The molecular weight excluding hydrogens is 356 g/mol. The standard InChI is InChI=1S/C20H27ClO3S/c1-8-10-15-13(3)20(18(23)24-12-21,25-19(5,6)7)14(4)16(11-9-2)17(15)22/h8-9H,1-2,10-12H2,3-7H3. The van der Waals surface area contributed by atoms with Gasteiger partial charge in [0.15, 0.2) is 16.6 Å². The van der Waals surface area contributed by atoms with Crippen LogP contribution in [-0.2, 0) is 14.3 Å². The molecule has 3 nitrogen and oxygen atoms in total. The Labute approximate surface area is 160 Å². The van der Waals surface area contributed by atoms with E-state index in [-0.39, 0.29) is 16.6 Å². The predicted octanol–water partition coefficient (Wildman–Crippen LogP) is 5.36. The minimum Gasteiger partial charge on any atom is -0.448 e. The molecule has 0 aliphatic heterocycles. The molecule has 138 valence electrons. The highest BCUT2D eigenvalue weighted by atomic mass is 35.5. The number of hydrogen-bond donors (Lipinski definition) is 0. The summed E-state index contributed by atoms with van der Waals surface area (Å²) in [5, 5.41) is 0. The van der Waals surface area contributed by atoms with Gasteiger partial charge in [0.25, 0.3) is 0 Å². The number of carbonyl (C=O) groups is 2. The number of rotatable bonds is 7. The van der Waals surface area contributed by atoms with Crippen molar-refractivity contribution in [3.63, 3.8) is 0 Å². The van der Waals surface area contributed by atoms with E-state index in [0.717, 1.165) is 0 Å². The summed E-state index contributed by atoms with van der Waals surface area (Å²) in [6.07, 6.45) is 4.17. The summed E-state index contributed by atoms with van der Waals surface area (Å²) < 4.78 is 3.92. The third-order valence-corrected chi connectivity index (χ3v) is 5.95. The zero-order chi connectivity index (χ0) is 19.4. The van der Waals surface area contributed by atoms with Gasteiger partial charge in [0.2, 0.25) is 0 Å². The summed E-state index contributed by atoms with van der Waals surface area (Å²) >= 11 is 7.17. The van der Waals surface area contributed by atoms with Crippen molar-refractivity contribution in [1.29, 1.82) is 0 Å². The molecule has 0 aromatic heterocycles. The fourth-order valence-electron chi connectivity index (χ4n) is 3.12. The lowest BCUT2D eigenvalue weighted by Crippen LogP contribution is -2.46. The number of halogens is 1. The molecule has 5 heteroatoms. The van der Waals surface area contributed by atoms with E-state index in [1.54, 1.807) is 12.2 Å². The molecule has 0 amide bonds. The van der Waals surface area contributed by atoms with Crippen LogP contribution < -0.4 is 0 Å². The molecular formula is C20H27ClO3S. The van der Waals surface area contributed by atoms with Crippen LogP contribution in [0.2, 0.25) is 0 Å². The van der Waals surface area contributed by atoms with E-state index < -0.39 is 10.7 Å². The minimum absolute atomic E-state index is 0.0430. The zero-order valence-electron chi connectivity index (χ0n) is 15.7. The van der Waals surface area contributed by atoms with Gasteiger partial charge in [-0.2, -0.15) is 0 Å². The molecule has 0 spiro atoms. The van der Waals surface area contributed by atoms with E-state index in [1.807, 2.05) is 34.6 Å². The molecule has 0 unspecified atom stereocenters. The topological polar surface area (TPSA) is 43.4 Å². The summed E-state index contributed by atoms with van der Waals surface area (Å²) in [6.45, 7) is 17.3. The number of Topliss-reactive ketones (excluding diaryl/α,β-unsaturated/α-hetero) is 1. The first-order valence-corrected chi connectivity index (χ1v) is 9.52. The maximum absolute atomic E-state index is 13.1. The smallest absolute Gasteiger partial charge is 0.331 e. The van der Waals surface area contributed by atoms with Gasteiger partial charge >= 0.3 is 5.97 Å². The number of ketones is 1. The van der Waals surface area contributed by atoms with E-state index >= 15 is 0 Å². The summed E-state index contributed by atoms with van der Waals surface area (Å²) in [6, 6.07) is -0.229. The monoisotopic (exact) mass is 382 g/mol. The van der Waals surface area contributed by atoms with Crippen molar-refractivity contribution in [3.8, 4) is 0 Å². The second-order valence-corrected chi connectivity index (χ2v) is 9.22. The van der Waals surface area contributed by atoms with Crippen molar-refractivity contribution in [2.24, 2.45) is 0 Å². The average Bonchev–Trinajstić information content (AvgIpc) is 2.51. The summed E-state index contributed by atoms with van der Waals surface area (Å²) in [7, 11) is 0. The van der Waals surface area contributed by atoms with E-state index in [1.165, 1.54) is 11.8 Å². The van der Waals surface area contributed by atoms with Crippen molar-refractivity contribution in [2.75, 3.05) is 6.07 Å². The van der Waals surface area contributed by atoms with E-state index in [9.17, 15) is 9.59 Å². The molecule has 0 N–H and O–H groups in total. The highest BCUT2D eigenvalue weighted by Gasteiger charge is 2.52. The second kappa shape index (κ2) is 8.41.